The molecule has 0 spiro atoms. The molecule has 0 unspecified atom stereocenters. The minimum absolute atomic E-state index is 0.121. The second kappa shape index (κ2) is 7.27. The van der Waals surface area contributed by atoms with Crippen LogP contribution in [0.15, 0.2) is 54.2 Å². The van der Waals surface area contributed by atoms with Crippen molar-refractivity contribution in [2.45, 2.75) is 20.5 Å². The van der Waals surface area contributed by atoms with Crippen molar-refractivity contribution in [3.05, 3.63) is 75.7 Å². The van der Waals surface area contributed by atoms with Crippen LogP contribution in [0.25, 0.3) is 0 Å². The highest BCUT2D eigenvalue weighted by Gasteiger charge is 2.10. The Morgan fingerprint density at radius 1 is 1.21 bits per heavy atom. The van der Waals surface area contributed by atoms with E-state index in [-0.39, 0.29) is 5.91 Å². The lowest BCUT2D eigenvalue weighted by atomic mass is 10.1. The average molecular weight is 338 g/mol. The Morgan fingerprint density at radius 2 is 2.00 bits per heavy atom. The SMILES string of the molecule is Cc1cccc(OCc2csc(C(=O)Nc3ccncc3)c2)c1C. The van der Waals surface area contributed by atoms with Crippen molar-refractivity contribution in [2.75, 3.05) is 5.32 Å². The third kappa shape index (κ3) is 3.81. The van der Waals surface area contributed by atoms with Gasteiger partial charge >= 0.3 is 0 Å². The van der Waals surface area contributed by atoms with Crippen LogP contribution in [0.3, 0.4) is 0 Å². The third-order valence-electron chi connectivity index (χ3n) is 3.77. The van der Waals surface area contributed by atoms with Gasteiger partial charge in [0.2, 0.25) is 0 Å². The molecule has 1 aromatic carbocycles. The van der Waals surface area contributed by atoms with E-state index in [1.807, 2.05) is 30.5 Å². The number of aryl methyl sites for hydroxylation is 1. The molecular formula is C19H18N2O2S. The first-order valence-electron chi connectivity index (χ1n) is 7.61. The van der Waals surface area contributed by atoms with Gasteiger partial charge in [0.05, 0.1) is 4.88 Å². The molecule has 0 radical (unpaired) electrons. The zero-order valence-corrected chi connectivity index (χ0v) is 14.4. The average Bonchev–Trinajstić information content (AvgIpc) is 3.06. The molecular weight excluding hydrogens is 320 g/mol. The highest BCUT2D eigenvalue weighted by atomic mass is 32.1. The minimum Gasteiger partial charge on any atom is -0.489 e. The molecule has 5 heteroatoms. The predicted molar refractivity (Wildman–Crippen MR) is 96.8 cm³/mol. The van der Waals surface area contributed by atoms with E-state index in [0.717, 1.165) is 22.6 Å². The Labute approximate surface area is 145 Å². The summed E-state index contributed by atoms with van der Waals surface area (Å²) in [4.78, 5) is 16.8. The van der Waals surface area contributed by atoms with Gasteiger partial charge in [0.1, 0.15) is 12.4 Å². The number of rotatable bonds is 5. The van der Waals surface area contributed by atoms with Crippen molar-refractivity contribution < 1.29 is 9.53 Å². The summed E-state index contributed by atoms with van der Waals surface area (Å²) in [6, 6.07) is 11.4. The number of anilines is 1. The molecule has 2 aromatic heterocycles. The highest BCUT2D eigenvalue weighted by molar-refractivity contribution is 7.12. The van der Waals surface area contributed by atoms with Gasteiger partial charge in [-0.15, -0.1) is 11.3 Å². The Bertz CT molecular complexity index is 844. The van der Waals surface area contributed by atoms with Gasteiger partial charge < -0.3 is 10.1 Å². The summed E-state index contributed by atoms with van der Waals surface area (Å²) >= 11 is 1.41. The molecule has 24 heavy (non-hydrogen) atoms. The molecule has 3 rings (SSSR count). The number of ether oxygens (including phenoxy) is 1. The normalized spacial score (nSPS) is 10.4. The molecule has 0 saturated carbocycles. The van der Waals surface area contributed by atoms with Gasteiger partial charge in [0.15, 0.2) is 0 Å². The van der Waals surface area contributed by atoms with Crippen LogP contribution in [0, 0.1) is 13.8 Å². The molecule has 0 aliphatic carbocycles. The van der Waals surface area contributed by atoms with Gasteiger partial charge in [-0.3, -0.25) is 9.78 Å². The second-order valence-corrected chi connectivity index (χ2v) is 6.41. The fourth-order valence-corrected chi connectivity index (χ4v) is 3.03. The molecule has 0 fully saturated rings. The van der Waals surface area contributed by atoms with Gasteiger partial charge in [-0.25, -0.2) is 0 Å². The van der Waals surface area contributed by atoms with Crippen LogP contribution >= 0.6 is 11.3 Å². The lowest BCUT2D eigenvalue weighted by Gasteiger charge is -2.09. The van der Waals surface area contributed by atoms with Crippen LogP contribution in [-0.4, -0.2) is 10.9 Å². The molecule has 122 valence electrons. The number of aromatic nitrogens is 1. The number of carbonyl (C=O) groups excluding carboxylic acids is 1. The Morgan fingerprint density at radius 3 is 2.79 bits per heavy atom. The van der Waals surface area contributed by atoms with E-state index < -0.39 is 0 Å². The number of benzene rings is 1. The number of hydrogen-bond acceptors (Lipinski definition) is 4. The van der Waals surface area contributed by atoms with E-state index >= 15 is 0 Å². The zero-order valence-electron chi connectivity index (χ0n) is 13.6. The number of pyridine rings is 1. The van der Waals surface area contributed by atoms with Crippen molar-refractivity contribution in [3.8, 4) is 5.75 Å². The molecule has 4 nitrogen and oxygen atoms in total. The quantitative estimate of drug-likeness (QED) is 0.740. The van der Waals surface area contributed by atoms with Gasteiger partial charge in [0, 0.05) is 23.6 Å². The number of hydrogen-bond donors (Lipinski definition) is 1. The van der Waals surface area contributed by atoms with E-state index in [0.29, 0.717) is 11.5 Å². The summed E-state index contributed by atoms with van der Waals surface area (Å²) in [5.41, 5.74) is 4.07. The Kier molecular flexibility index (Phi) is 4.91. The number of carbonyl (C=O) groups is 1. The largest absolute Gasteiger partial charge is 0.489 e. The summed E-state index contributed by atoms with van der Waals surface area (Å²) in [7, 11) is 0. The molecule has 2 heterocycles. The smallest absolute Gasteiger partial charge is 0.265 e. The number of nitrogens with zero attached hydrogens (tertiary/aromatic N) is 1. The molecule has 1 amide bonds. The van der Waals surface area contributed by atoms with Gasteiger partial charge in [-0.1, -0.05) is 12.1 Å². The van der Waals surface area contributed by atoms with Gasteiger partial charge in [-0.2, -0.15) is 0 Å². The van der Waals surface area contributed by atoms with E-state index in [9.17, 15) is 4.79 Å². The summed E-state index contributed by atoms with van der Waals surface area (Å²) in [6.45, 7) is 4.56. The van der Waals surface area contributed by atoms with Crippen LogP contribution in [-0.2, 0) is 6.61 Å². The predicted octanol–water partition coefficient (Wildman–Crippen LogP) is 4.59. The second-order valence-electron chi connectivity index (χ2n) is 5.50. The van der Waals surface area contributed by atoms with E-state index in [1.165, 1.54) is 16.9 Å². The Hall–Kier alpha value is -2.66. The maximum atomic E-state index is 12.2. The molecule has 1 N–H and O–H groups in total. The van der Waals surface area contributed by atoms with Crippen LogP contribution in [0.4, 0.5) is 5.69 Å². The van der Waals surface area contributed by atoms with Crippen LogP contribution in [0.5, 0.6) is 5.75 Å². The highest BCUT2D eigenvalue weighted by Crippen LogP contribution is 2.23. The van der Waals surface area contributed by atoms with Crippen LogP contribution < -0.4 is 10.1 Å². The van der Waals surface area contributed by atoms with E-state index in [4.69, 9.17) is 4.74 Å². The molecule has 0 bridgehead atoms. The lowest BCUT2D eigenvalue weighted by Crippen LogP contribution is -2.10. The molecule has 3 aromatic rings. The summed E-state index contributed by atoms with van der Waals surface area (Å²) in [5, 5.41) is 4.80. The van der Waals surface area contributed by atoms with E-state index in [2.05, 4.69) is 23.3 Å². The summed E-state index contributed by atoms with van der Waals surface area (Å²) < 4.78 is 5.88. The van der Waals surface area contributed by atoms with Crippen molar-refractivity contribution in [1.82, 2.24) is 4.98 Å². The minimum atomic E-state index is -0.121. The first kappa shape index (κ1) is 16.2. The van der Waals surface area contributed by atoms with Crippen molar-refractivity contribution in [3.63, 3.8) is 0 Å². The summed E-state index contributed by atoms with van der Waals surface area (Å²) in [6.07, 6.45) is 3.29. The molecule has 0 aliphatic rings. The first-order valence-corrected chi connectivity index (χ1v) is 8.49. The van der Waals surface area contributed by atoms with E-state index in [1.54, 1.807) is 24.5 Å². The third-order valence-corrected chi connectivity index (χ3v) is 4.74. The fourth-order valence-electron chi connectivity index (χ4n) is 2.24. The zero-order chi connectivity index (χ0) is 16.9. The molecule has 0 aliphatic heterocycles. The van der Waals surface area contributed by atoms with Crippen molar-refractivity contribution >= 4 is 22.9 Å². The monoisotopic (exact) mass is 338 g/mol. The van der Waals surface area contributed by atoms with Crippen LogP contribution in [0.2, 0.25) is 0 Å². The maximum absolute atomic E-state index is 12.2. The molecule has 0 atom stereocenters. The number of amides is 1. The summed E-state index contributed by atoms with van der Waals surface area (Å²) in [5.74, 6) is 0.758. The molecule has 0 saturated heterocycles. The maximum Gasteiger partial charge on any atom is 0.265 e. The fraction of sp³-hybridized carbons (Fsp3) is 0.158. The van der Waals surface area contributed by atoms with Crippen LogP contribution in [0.1, 0.15) is 26.4 Å². The van der Waals surface area contributed by atoms with Crippen molar-refractivity contribution in [2.24, 2.45) is 0 Å². The topological polar surface area (TPSA) is 51.2 Å². The Balaban J connectivity index is 1.63. The van der Waals surface area contributed by atoms with Gasteiger partial charge in [-0.05, 0) is 54.6 Å². The van der Waals surface area contributed by atoms with Gasteiger partial charge in [0.25, 0.3) is 5.91 Å². The van der Waals surface area contributed by atoms with Crippen molar-refractivity contribution in [1.29, 1.82) is 0 Å². The standard InChI is InChI=1S/C19H18N2O2S/c1-13-4-3-5-17(14(13)2)23-11-15-10-18(24-12-15)19(22)21-16-6-8-20-9-7-16/h3-10,12H,11H2,1-2H3,(H,20,21,22). The number of thiophene rings is 1. The number of nitrogens with one attached hydrogen (secondary N) is 1. The first-order chi connectivity index (χ1) is 11.6. The lowest BCUT2D eigenvalue weighted by molar-refractivity contribution is 0.103.